The number of nitrogens with one attached hydrogen (secondary N) is 1. The molecule has 2 aromatic heterocycles. The fourth-order valence-corrected chi connectivity index (χ4v) is 1.73. The summed E-state index contributed by atoms with van der Waals surface area (Å²) in [5, 5.41) is 3.17. The fraction of sp³-hybridized carbons (Fsp3) is 0.154. The van der Waals surface area contributed by atoms with Crippen LogP contribution in [-0.2, 0) is 6.42 Å². The molecule has 0 saturated heterocycles. The van der Waals surface area contributed by atoms with Gasteiger partial charge in [0.1, 0.15) is 0 Å². The largest absolute Gasteiger partial charge is 0.352 e. The van der Waals surface area contributed by atoms with Gasteiger partial charge in [-0.05, 0) is 24.1 Å². The van der Waals surface area contributed by atoms with Gasteiger partial charge in [0.15, 0.2) is 0 Å². The Bertz CT molecular complexity index is 531. The first-order valence-electron chi connectivity index (χ1n) is 5.54. The van der Waals surface area contributed by atoms with E-state index >= 15 is 0 Å². The zero-order valence-electron chi connectivity index (χ0n) is 9.64. The minimum absolute atomic E-state index is 0.189. The van der Waals surface area contributed by atoms with Crippen molar-refractivity contribution in [3.63, 3.8) is 0 Å². The van der Waals surface area contributed by atoms with Crippen molar-refractivity contribution in [2.75, 3.05) is 6.54 Å². The van der Waals surface area contributed by atoms with Gasteiger partial charge >= 0.3 is 0 Å². The van der Waals surface area contributed by atoms with Gasteiger partial charge in [0, 0.05) is 31.3 Å². The van der Waals surface area contributed by atoms with Crippen LogP contribution in [-0.4, -0.2) is 22.4 Å². The maximum absolute atomic E-state index is 11.8. The molecule has 5 heteroatoms. The van der Waals surface area contributed by atoms with Crippen LogP contribution < -0.4 is 5.32 Å². The topological polar surface area (TPSA) is 54.9 Å². The van der Waals surface area contributed by atoms with Gasteiger partial charge in [0.25, 0.3) is 5.91 Å². The van der Waals surface area contributed by atoms with Crippen molar-refractivity contribution in [2.24, 2.45) is 0 Å². The van der Waals surface area contributed by atoms with Crippen molar-refractivity contribution in [2.45, 2.75) is 6.42 Å². The molecule has 0 atom stereocenters. The molecular formula is C13H12ClN3O. The molecule has 0 spiro atoms. The van der Waals surface area contributed by atoms with Crippen LogP contribution in [0.3, 0.4) is 0 Å². The van der Waals surface area contributed by atoms with E-state index in [4.69, 9.17) is 11.6 Å². The summed E-state index contributed by atoms with van der Waals surface area (Å²) in [5.74, 6) is -0.189. The summed E-state index contributed by atoms with van der Waals surface area (Å²) in [4.78, 5) is 19.7. The molecule has 0 aliphatic heterocycles. The van der Waals surface area contributed by atoms with E-state index in [2.05, 4.69) is 15.3 Å². The van der Waals surface area contributed by atoms with E-state index in [1.807, 2.05) is 12.1 Å². The number of hydrogen-bond donors (Lipinski definition) is 1. The molecule has 18 heavy (non-hydrogen) atoms. The van der Waals surface area contributed by atoms with Crippen LogP contribution in [0.25, 0.3) is 0 Å². The summed E-state index contributed by atoms with van der Waals surface area (Å²) in [6.07, 6.45) is 7.24. The number of hydrogen-bond acceptors (Lipinski definition) is 3. The third-order valence-electron chi connectivity index (χ3n) is 2.44. The zero-order chi connectivity index (χ0) is 12.8. The minimum atomic E-state index is -0.189. The van der Waals surface area contributed by atoms with Crippen molar-refractivity contribution in [1.82, 2.24) is 15.3 Å². The Morgan fingerprint density at radius 1 is 1.22 bits per heavy atom. The molecule has 0 bridgehead atoms. The molecule has 0 fully saturated rings. The van der Waals surface area contributed by atoms with Gasteiger partial charge < -0.3 is 5.32 Å². The molecule has 0 aliphatic carbocycles. The Kier molecular flexibility index (Phi) is 4.25. The summed E-state index contributed by atoms with van der Waals surface area (Å²) in [6, 6.07) is 5.44. The summed E-state index contributed by atoms with van der Waals surface area (Å²) < 4.78 is 0. The fourth-order valence-electron chi connectivity index (χ4n) is 1.52. The SMILES string of the molecule is O=C(NCCc1cccnc1)c1ccncc1Cl. The molecule has 2 heterocycles. The monoisotopic (exact) mass is 261 g/mol. The Labute approximate surface area is 110 Å². The summed E-state index contributed by atoms with van der Waals surface area (Å²) in [5.41, 5.74) is 1.52. The quantitative estimate of drug-likeness (QED) is 0.917. The second-order valence-corrected chi connectivity index (χ2v) is 4.13. The summed E-state index contributed by atoms with van der Waals surface area (Å²) in [6.45, 7) is 0.545. The third-order valence-corrected chi connectivity index (χ3v) is 2.74. The highest BCUT2D eigenvalue weighted by molar-refractivity contribution is 6.33. The average molecular weight is 262 g/mol. The molecule has 0 saturated carbocycles. The van der Waals surface area contributed by atoms with E-state index in [-0.39, 0.29) is 5.91 Å². The van der Waals surface area contributed by atoms with E-state index in [1.54, 1.807) is 24.7 Å². The van der Waals surface area contributed by atoms with E-state index in [9.17, 15) is 4.79 Å². The maximum atomic E-state index is 11.8. The lowest BCUT2D eigenvalue weighted by Gasteiger charge is -2.06. The first-order chi connectivity index (χ1) is 8.77. The lowest BCUT2D eigenvalue weighted by Crippen LogP contribution is -2.26. The molecule has 0 aromatic carbocycles. The van der Waals surface area contributed by atoms with E-state index in [0.29, 0.717) is 17.1 Å². The van der Waals surface area contributed by atoms with Crippen LogP contribution in [0, 0.1) is 0 Å². The van der Waals surface area contributed by atoms with Gasteiger partial charge in [-0.25, -0.2) is 0 Å². The summed E-state index contributed by atoms with van der Waals surface area (Å²) >= 11 is 5.88. The smallest absolute Gasteiger partial charge is 0.252 e. The average Bonchev–Trinajstić information content (AvgIpc) is 2.40. The van der Waals surface area contributed by atoms with Crippen LogP contribution in [0.15, 0.2) is 43.0 Å². The molecule has 4 nitrogen and oxygen atoms in total. The predicted octanol–water partition coefficient (Wildman–Crippen LogP) is 2.10. The highest BCUT2D eigenvalue weighted by Gasteiger charge is 2.08. The third kappa shape index (κ3) is 3.28. The predicted molar refractivity (Wildman–Crippen MR) is 69.5 cm³/mol. The normalized spacial score (nSPS) is 10.1. The molecule has 2 aromatic rings. The van der Waals surface area contributed by atoms with Crippen LogP contribution >= 0.6 is 11.6 Å². The van der Waals surface area contributed by atoms with Crippen LogP contribution in [0.5, 0.6) is 0 Å². The molecule has 92 valence electrons. The van der Waals surface area contributed by atoms with Gasteiger partial charge in [-0.1, -0.05) is 17.7 Å². The lowest BCUT2D eigenvalue weighted by molar-refractivity contribution is 0.0954. The highest BCUT2D eigenvalue weighted by atomic mass is 35.5. The molecular weight excluding hydrogens is 250 g/mol. The number of carbonyl (C=O) groups excluding carboxylic acids is 1. The second-order valence-electron chi connectivity index (χ2n) is 3.72. The van der Waals surface area contributed by atoms with Gasteiger partial charge in [-0.3, -0.25) is 14.8 Å². The number of rotatable bonds is 4. The first kappa shape index (κ1) is 12.5. The second kappa shape index (κ2) is 6.12. The van der Waals surface area contributed by atoms with E-state index in [1.165, 1.54) is 6.20 Å². The number of pyridine rings is 2. The molecule has 0 radical (unpaired) electrons. The Balaban J connectivity index is 1.88. The number of halogens is 1. The first-order valence-corrected chi connectivity index (χ1v) is 5.92. The van der Waals surface area contributed by atoms with Gasteiger partial charge in [-0.2, -0.15) is 0 Å². The summed E-state index contributed by atoms with van der Waals surface area (Å²) in [7, 11) is 0. The molecule has 1 N–H and O–H groups in total. The van der Waals surface area contributed by atoms with Gasteiger partial charge in [-0.15, -0.1) is 0 Å². The van der Waals surface area contributed by atoms with Crippen LogP contribution in [0.4, 0.5) is 0 Å². The molecule has 0 aliphatic rings. The van der Waals surface area contributed by atoms with E-state index < -0.39 is 0 Å². The maximum Gasteiger partial charge on any atom is 0.252 e. The Hall–Kier alpha value is -1.94. The van der Waals surface area contributed by atoms with Gasteiger partial charge in [0.05, 0.1) is 10.6 Å². The van der Waals surface area contributed by atoms with Crippen LogP contribution in [0.2, 0.25) is 5.02 Å². The zero-order valence-corrected chi connectivity index (χ0v) is 10.4. The van der Waals surface area contributed by atoms with Crippen molar-refractivity contribution < 1.29 is 4.79 Å². The van der Waals surface area contributed by atoms with Crippen molar-refractivity contribution in [3.8, 4) is 0 Å². The van der Waals surface area contributed by atoms with Crippen molar-refractivity contribution >= 4 is 17.5 Å². The van der Waals surface area contributed by atoms with E-state index in [0.717, 1.165) is 12.0 Å². The molecule has 1 amide bonds. The highest BCUT2D eigenvalue weighted by Crippen LogP contribution is 2.12. The van der Waals surface area contributed by atoms with Gasteiger partial charge in [0.2, 0.25) is 0 Å². The van der Waals surface area contributed by atoms with Crippen molar-refractivity contribution in [3.05, 3.63) is 59.1 Å². The number of aromatic nitrogens is 2. The number of amides is 1. The number of nitrogens with zero attached hydrogens (tertiary/aromatic N) is 2. The number of carbonyl (C=O) groups is 1. The standard InChI is InChI=1S/C13H12ClN3O/c14-12-9-16-6-4-11(12)13(18)17-7-3-10-2-1-5-15-8-10/h1-2,4-6,8-9H,3,7H2,(H,17,18). The minimum Gasteiger partial charge on any atom is -0.352 e. The lowest BCUT2D eigenvalue weighted by atomic mass is 10.2. The molecule has 0 unspecified atom stereocenters. The van der Waals surface area contributed by atoms with Crippen molar-refractivity contribution in [1.29, 1.82) is 0 Å². The molecule has 2 rings (SSSR count). The van der Waals surface area contributed by atoms with Crippen LogP contribution in [0.1, 0.15) is 15.9 Å². The Morgan fingerprint density at radius 3 is 2.78 bits per heavy atom. The Morgan fingerprint density at radius 2 is 2.06 bits per heavy atom.